The number of nitrogens with zero attached hydrogens (tertiary/aromatic N) is 1. The molecular formula is C12H17F3N2O2. The summed E-state index contributed by atoms with van der Waals surface area (Å²) in [6.45, 7) is 0.687. The molecule has 3 unspecified atom stereocenters. The van der Waals surface area contributed by atoms with Crippen LogP contribution >= 0.6 is 0 Å². The molecule has 1 saturated carbocycles. The van der Waals surface area contributed by atoms with Gasteiger partial charge in [0, 0.05) is 13.1 Å². The first-order valence-electron chi connectivity index (χ1n) is 6.37. The number of amides is 2. The topological polar surface area (TPSA) is 63.4 Å². The molecule has 2 aliphatic rings. The van der Waals surface area contributed by atoms with Gasteiger partial charge in [0.1, 0.15) is 0 Å². The minimum Gasteiger partial charge on any atom is -0.330 e. The van der Waals surface area contributed by atoms with Gasteiger partial charge < -0.3 is 5.73 Å². The van der Waals surface area contributed by atoms with Crippen molar-refractivity contribution in [3.63, 3.8) is 0 Å². The zero-order valence-electron chi connectivity index (χ0n) is 10.6. The molecule has 0 aromatic heterocycles. The van der Waals surface area contributed by atoms with Crippen LogP contribution in [0.3, 0.4) is 0 Å². The Hall–Kier alpha value is -1.11. The van der Waals surface area contributed by atoms with Gasteiger partial charge in [0.15, 0.2) is 0 Å². The molecule has 1 heterocycles. The zero-order valence-corrected chi connectivity index (χ0v) is 10.6. The molecule has 2 N–H and O–H groups in total. The van der Waals surface area contributed by atoms with Gasteiger partial charge in [-0.25, -0.2) is 0 Å². The van der Waals surface area contributed by atoms with E-state index in [0.717, 1.165) is 4.90 Å². The Labute approximate surface area is 109 Å². The highest BCUT2D eigenvalue weighted by atomic mass is 19.4. The van der Waals surface area contributed by atoms with Crippen molar-refractivity contribution in [2.45, 2.75) is 25.9 Å². The lowest BCUT2D eigenvalue weighted by molar-refractivity contribution is -0.178. The fraction of sp³-hybridized carbons (Fsp3) is 0.833. The highest BCUT2D eigenvalue weighted by Crippen LogP contribution is 2.43. The summed E-state index contributed by atoms with van der Waals surface area (Å²) < 4.78 is 38.0. The second-order valence-electron chi connectivity index (χ2n) is 5.55. The van der Waals surface area contributed by atoms with E-state index < -0.39 is 48.8 Å². The Kier molecular flexibility index (Phi) is 3.59. The van der Waals surface area contributed by atoms with Gasteiger partial charge in [0.2, 0.25) is 11.8 Å². The number of nitrogens with two attached hydrogens (primary N) is 1. The van der Waals surface area contributed by atoms with E-state index in [9.17, 15) is 22.8 Å². The highest BCUT2D eigenvalue weighted by Gasteiger charge is 2.53. The van der Waals surface area contributed by atoms with E-state index in [1.807, 2.05) is 6.92 Å². The fourth-order valence-electron chi connectivity index (χ4n) is 3.06. The van der Waals surface area contributed by atoms with Gasteiger partial charge in [0.05, 0.1) is 17.8 Å². The molecule has 2 rings (SSSR count). The van der Waals surface area contributed by atoms with Crippen LogP contribution in [0.2, 0.25) is 0 Å². The Morgan fingerprint density at radius 1 is 1.26 bits per heavy atom. The normalized spacial score (nSPS) is 32.9. The molecule has 0 radical (unpaired) electrons. The zero-order chi connectivity index (χ0) is 14.4. The molecule has 0 aromatic rings. The molecule has 2 amide bonds. The molecule has 4 nitrogen and oxygen atoms in total. The third-order valence-electron chi connectivity index (χ3n) is 4.12. The molecular weight excluding hydrogens is 261 g/mol. The van der Waals surface area contributed by atoms with Gasteiger partial charge in [-0.1, -0.05) is 6.92 Å². The summed E-state index contributed by atoms with van der Waals surface area (Å²) in [6.07, 6.45) is -3.31. The van der Waals surface area contributed by atoms with Gasteiger partial charge >= 0.3 is 6.18 Å². The van der Waals surface area contributed by atoms with Crippen molar-refractivity contribution in [3.05, 3.63) is 0 Å². The summed E-state index contributed by atoms with van der Waals surface area (Å²) in [4.78, 5) is 24.8. The van der Waals surface area contributed by atoms with E-state index in [-0.39, 0.29) is 5.92 Å². The first-order chi connectivity index (χ1) is 8.75. The lowest BCUT2D eigenvalue weighted by Crippen LogP contribution is -2.44. The number of likely N-dealkylation sites (tertiary alicyclic amines) is 1. The third-order valence-corrected chi connectivity index (χ3v) is 4.12. The van der Waals surface area contributed by atoms with Crippen LogP contribution in [0.25, 0.3) is 0 Å². The summed E-state index contributed by atoms with van der Waals surface area (Å²) in [5, 5.41) is 0. The Morgan fingerprint density at radius 3 is 2.11 bits per heavy atom. The predicted molar refractivity (Wildman–Crippen MR) is 60.7 cm³/mol. The van der Waals surface area contributed by atoms with Crippen molar-refractivity contribution < 1.29 is 22.8 Å². The van der Waals surface area contributed by atoms with E-state index in [4.69, 9.17) is 5.73 Å². The van der Waals surface area contributed by atoms with Crippen LogP contribution in [0.1, 0.15) is 19.8 Å². The molecule has 0 bridgehead atoms. The number of halogens is 3. The maximum Gasteiger partial charge on any atom is 0.394 e. The van der Waals surface area contributed by atoms with Crippen LogP contribution in [0.15, 0.2) is 0 Å². The largest absolute Gasteiger partial charge is 0.394 e. The standard InChI is InChI=1S/C12H17F3N2O2/c1-6-2-8-9(3-6)11(19)17(10(8)18)5-7(4-16)12(13,14)15/h6-9H,2-5,16H2,1H3. The number of fused-ring (bicyclic) bond motifs is 1. The summed E-state index contributed by atoms with van der Waals surface area (Å²) in [7, 11) is 0. The van der Waals surface area contributed by atoms with E-state index in [0.29, 0.717) is 12.8 Å². The molecule has 7 heteroatoms. The second kappa shape index (κ2) is 4.77. The average Bonchev–Trinajstić information content (AvgIpc) is 2.77. The average molecular weight is 278 g/mol. The predicted octanol–water partition coefficient (Wildman–Crippen LogP) is 1.15. The van der Waals surface area contributed by atoms with E-state index in [1.54, 1.807) is 0 Å². The van der Waals surface area contributed by atoms with Crippen LogP contribution in [0, 0.1) is 23.7 Å². The molecule has 1 aliphatic heterocycles. The molecule has 0 aromatic carbocycles. The number of carbonyl (C=O) groups is 2. The Morgan fingerprint density at radius 2 is 1.74 bits per heavy atom. The van der Waals surface area contributed by atoms with Crippen molar-refractivity contribution in [1.29, 1.82) is 0 Å². The molecule has 1 saturated heterocycles. The highest BCUT2D eigenvalue weighted by molar-refractivity contribution is 6.05. The number of imide groups is 1. The van der Waals surface area contributed by atoms with Crippen LogP contribution in [-0.4, -0.2) is 36.0 Å². The molecule has 108 valence electrons. The van der Waals surface area contributed by atoms with Crippen LogP contribution < -0.4 is 5.73 Å². The van der Waals surface area contributed by atoms with Crippen LogP contribution in [0.4, 0.5) is 13.2 Å². The number of rotatable bonds is 3. The lowest BCUT2D eigenvalue weighted by Gasteiger charge is -2.24. The number of alkyl halides is 3. The monoisotopic (exact) mass is 278 g/mol. The third kappa shape index (κ3) is 2.48. The molecule has 1 aliphatic carbocycles. The minimum absolute atomic E-state index is 0.276. The smallest absolute Gasteiger partial charge is 0.330 e. The summed E-state index contributed by atoms with van der Waals surface area (Å²) >= 11 is 0. The SMILES string of the molecule is CC1CC2C(=O)N(CC(CN)C(F)(F)F)C(=O)C2C1. The number of hydrogen-bond donors (Lipinski definition) is 1. The first-order valence-corrected chi connectivity index (χ1v) is 6.37. The van der Waals surface area contributed by atoms with Gasteiger partial charge in [-0.2, -0.15) is 13.2 Å². The van der Waals surface area contributed by atoms with Crippen molar-refractivity contribution in [2.24, 2.45) is 29.4 Å². The van der Waals surface area contributed by atoms with Crippen molar-refractivity contribution >= 4 is 11.8 Å². The maximum atomic E-state index is 12.7. The van der Waals surface area contributed by atoms with Crippen molar-refractivity contribution in [1.82, 2.24) is 4.90 Å². The molecule has 0 spiro atoms. The minimum atomic E-state index is -4.49. The van der Waals surface area contributed by atoms with Gasteiger partial charge in [-0.15, -0.1) is 0 Å². The maximum absolute atomic E-state index is 12.7. The van der Waals surface area contributed by atoms with Crippen molar-refractivity contribution in [3.8, 4) is 0 Å². The molecule has 3 atom stereocenters. The summed E-state index contributed by atoms with van der Waals surface area (Å²) in [5.41, 5.74) is 5.10. The Bertz CT molecular complexity index is 373. The Balaban J connectivity index is 2.11. The molecule has 19 heavy (non-hydrogen) atoms. The van der Waals surface area contributed by atoms with E-state index >= 15 is 0 Å². The lowest BCUT2D eigenvalue weighted by atomic mass is 10.00. The molecule has 2 fully saturated rings. The van der Waals surface area contributed by atoms with Gasteiger partial charge in [-0.05, 0) is 18.8 Å². The number of hydrogen-bond acceptors (Lipinski definition) is 3. The summed E-state index contributed by atoms with van der Waals surface area (Å²) in [5.74, 6) is -3.32. The van der Waals surface area contributed by atoms with Gasteiger partial charge in [0.25, 0.3) is 0 Å². The number of carbonyl (C=O) groups excluding carboxylic acids is 2. The second-order valence-corrected chi connectivity index (χ2v) is 5.55. The van der Waals surface area contributed by atoms with E-state index in [2.05, 4.69) is 0 Å². The quantitative estimate of drug-likeness (QED) is 0.788. The van der Waals surface area contributed by atoms with E-state index in [1.165, 1.54) is 0 Å². The van der Waals surface area contributed by atoms with Crippen molar-refractivity contribution in [2.75, 3.05) is 13.1 Å². The van der Waals surface area contributed by atoms with Crippen LogP contribution in [0.5, 0.6) is 0 Å². The fourth-order valence-corrected chi connectivity index (χ4v) is 3.06. The first kappa shape index (κ1) is 14.3. The van der Waals surface area contributed by atoms with Gasteiger partial charge in [-0.3, -0.25) is 14.5 Å². The summed E-state index contributed by atoms with van der Waals surface area (Å²) in [6, 6.07) is 0. The van der Waals surface area contributed by atoms with Crippen LogP contribution in [-0.2, 0) is 9.59 Å².